The van der Waals surface area contributed by atoms with E-state index in [1.54, 1.807) is 11.3 Å². The molecule has 0 unspecified atom stereocenters. The van der Waals surface area contributed by atoms with Crippen molar-refractivity contribution >= 4 is 34.0 Å². The fourth-order valence-corrected chi connectivity index (χ4v) is 2.91. The van der Waals surface area contributed by atoms with Gasteiger partial charge in [-0.1, -0.05) is 0 Å². The van der Waals surface area contributed by atoms with Crippen molar-refractivity contribution < 1.29 is 9.31 Å². The molecule has 0 amide bonds. The van der Waals surface area contributed by atoms with Gasteiger partial charge in [-0.25, -0.2) is 0 Å². The van der Waals surface area contributed by atoms with Gasteiger partial charge in [-0.05, 0) is 39.1 Å². The SMILES string of the molecule is CC1(C)OB(c2csc3c[c]ncc23)OC1(C)C. The highest BCUT2D eigenvalue weighted by Gasteiger charge is 2.52. The average Bonchev–Trinajstić information content (AvgIpc) is 2.78. The van der Waals surface area contributed by atoms with Crippen LogP contribution < -0.4 is 5.46 Å². The zero-order valence-electron chi connectivity index (χ0n) is 11.0. The summed E-state index contributed by atoms with van der Waals surface area (Å²) in [5, 5.41) is 3.18. The van der Waals surface area contributed by atoms with Crippen molar-refractivity contribution in [1.82, 2.24) is 4.98 Å². The second kappa shape index (κ2) is 3.79. The van der Waals surface area contributed by atoms with Crippen LogP contribution in [0.15, 0.2) is 17.6 Å². The van der Waals surface area contributed by atoms with Crippen molar-refractivity contribution in [3.8, 4) is 0 Å². The summed E-state index contributed by atoms with van der Waals surface area (Å²) in [5.41, 5.74) is 0.454. The molecule has 0 spiro atoms. The molecular formula is C13H15BNO2S. The molecule has 0 aromatic carbocycles. The van der Waals surface area contributed by atoms with Crippen LogP contribution in [0.2, 0.25) is 0 Å². The van der Waals surface area contributed by atoms with Crippen molar-refractivity contribution in [1.29, 1.82) is 0 Å². The molecule has 5 heteroatoms. The maximum absolute atomic E-state index is 6.06. The lowest BCUT2D eigenvalue weighted by atomic mass is 9.79. The summed E-state index contributed by atoms with van der Waals surface area (Å²) < 4.78 is 13.3. The Balaban J connectivity index is 2.03. The quantitative estimate of drug-likeness (QED) is 0.738. The first kappa shape index (κ1) is 12.1. The number of nitrogens with zero attached hydrogens (tertiary/aromatic N) is 1. The van der Waals surface area contributed by atoms with Crippen LogP contribution in [0, 0.1) is 6.20 Å². The molecule has 3 nitrogen and oxygen atoms in total. The van der Waals surface area contributed by atoms with Crippen molar-refractivity contribution in [2.45, 2.75) is 38.9 Å². The molecule has 1 saturated heterocycles. The molecule has 18 heavy (non-hydrogen) atoms. The van der Waals surface area contributed by atoms with Gasteiger partial charge < -0.3 is 9.31 Å². The van der Waals surface area contributed by atoms with Crippen LogP contribution in [0.4, 0.5) is 0 Å². The molecule has 1 aliphatic heterocycles. The van der Waals surface area contributed by atoms with Crippen LogP contribution in [0.25, 0.3) is 10.1 Å². The second-order valence-corrected chi connectivity index (χ2v) is 6.50. The molecule has 0 atom stereocenters. The Morgan fingerprint density at radius 2 is 1.89 bits per heavy atom. The number of hydrogen-bond acceptors (Lipinski definition) is 4. The van der Waals surface area contributed by atoms with Gasteiger partial charge in [0.2, 0.25) is 0 Å². The van der Waals surface area contributed by atoms with E-state index < -0.39 is 0 Å². The fourth-order valence-electron chi connectivity index (χ4n) is 2.00. The van der Waals surface area contributed by atoms with Gasteiger partial charge in [0, 0.05) is 21.7 Å². The summed E-state index contributed by atoms with van der Waals surface area (Å²) in [4.78, 5) is 4.06. The Morgan fingerprint density at radius 1 is 1.22 bits per heavy atom. The second-order valence-electron chi connectivity index (χ2n) is 5.59. The van der Waals surface area contributed by atoms with Crippen molar-refractivity contribution in [3.63, 3.8) is 0 Å². The highest BCUT2D eigenvalue weighted by Crippen LogP contribution is 2.37. The first-order valence-corrected chi connectivity index (χ1v) is 6.87. The predicted octanol–water partition coefficient (Wildman–Crippen LogP) is 2.40. The van der Waals surface area contributed by atoms with Crippen LogP contribution in [-0.4, -0.2) is 23.3 Å². The molecule has 1 aliphatic rings. The highest BCUT2D eigenvalue weighted by molar-refractivity contribution is 7.18. The maximum atomic E-state index is 6.06. The Labute approximate surface area is 111 Å². The molecule has 93 valence electrons. The third-order valence-corrected chi connectivity index (χ3v) is 4.82. The van der Waals surface area contributed by atoms with E-state index in [-0.39, 0.29) is 18.3 Å². The van der Waals surface area contributed by atoms with Gasteiger partial charge in [0.25, 0.3) is 0 Å². The normalized spacial score (nSPS) is 21.7. The lowest BCUT2D eigenvalue weighted by Gasteiger charge is -2.32. The van der Waals surface area contributed by atoms with E-state index in [9.17, 15) is 0 Å². The van der Waals surface area contributed by atoms with E-state index in [4.69, 9.17) is 9.31 Å². The number of pyridine rings is 1. The molecule has 3 rings (SSSR count). The maximum Gasteiger partial charge on any atom is 0.496 e. The smallest absolute Gasteiger partial charge is 0.399 e. The van der Waals surface area contributed by atoms with Gasteiger partial charge in [-0.2, -0.15) is 0 Å². The van der Waals surface area contributed by atoms with Gasteiger partial charge in [-0.15, -0.1) is 11.3 Å². The van der Waals surface area contributed by atoms with Crippen LogP contribution in [0.1, 0.15) is 27.7 Å². The summed E-state index contributed by atoms with van der Waals surface area (Å²) in [5.74, 6) is 0. The standard InChI is InChI=1S/C13H15BNO2S/c1-12(2)13(3,4)17-14(16-12)10-8-18-11-5-6-15-7-9(10)11/h5,7-8H,1-4H3. The summed E-state index contributed by atoms with van der Waals surface area (Å²) >= 11 is 1.67. The fraction of sp³-hybridized carbons (Fsp3) is 0.462. The summed E-state index contributed by atoms with van der Waals surface area (Å²) in [6, 6.07) is 1.90. The number of rotatable bonds is 1. The predicted molar refractivity (Wildman–Crippen MR) is 74.2 cm³/mol. The minimum Gasteiger partial charge on any atom is -0.399 e. The Kier molecular flexibility index (Phi) is 2.56. The minimum atomic E-state index is -0.312. The number of thiophene rings is 1. The molecule has 0 bridgehead atoms. The third-order valence-electron chi connectivity index (χ3n) is 3.86. The van der Waals surface area contributed by atoms with Crippen molar-refractivity contribution in [2.75, 3.05) is 0 Å². The molecule has 1 fully saturated rings. The molecule has 0 aliphatic carbocycles. The van der Waals surface area contributed by atoms with E-state index in [2.05, 4.69) is 44.3 Å². The molecule has 0 saturated carbocycles. The van der Waals surface area contributed by atoms with E-state index in [0.29, 0.717) is 0 Å². The summed E-state index contributed by atoms with van der Waals surface area (Å²) in [6.07, 6.45) is 4.68. The van der Waals surface area contributed by atoms with Crippen LogP contribution in [0.3, 0.4) is 0 Å². The summed E-state index contributed by atoms with van der Waals surface area (Å²) in [7, 11) is -0.312. The zero-order valence-corrected chi connectivity index (χ0v) is 11.8. The van der Waals surface area contributed by atoms with Crippen LogP contribution in [-0.2, 0) is 9.31 Å². The summed E-state index contributed by atoms with van der Waals surface area (Å²) in [6.45, 7) is 8.25. The minimum absolute atomic E-state index is 0.305. The molecule has 3 heterocycles. The molecule has 1 radical (unpaired) electrons. The molecule has 2 aromatic rings. The highest BCUT2D eigenvalue weighted by atomic mass is 32.1. The van der Waals surface area contributed by atoms with Gasteiger partial charge in [0.15, 0.2) is 0 Å². The van der Waals surface area contributed by atoms with Gasteiger partial charge in [-0.3, -0.25) is 4.98 Å². The van der Waals surface area contributed by atoms with Crippen molar-refractivity contribution in [2.24, 2.45) is 0 Å². The monoisotopic (exact) mass is 260 g/mol. The number of hydrogen-bond donors (Lipinski definition) is 0. The van der Waals surface area contributed by atoms with E-state index in [0.717, 1.165) is 15.5 Å². The lowest BCUT2D eigenvalue weighted by molar-refractivity contribution is 0.00578. The van der Waals surface area contributed by atoms with Crippen molar-refractivity contribution in [3.05, 3.63) is 23.8 Å². The van der Waals surface area contributed by atoms with Crippen LogP contribution >= 0.6 is 11.3 Å². The number of fused-ring (bicyclic) bond motifs is 1. The van der Waals surface area contributed by atoms with E-state index in [1.165, 1.54) is 0 Å². The van der Waals surface area contributed by atoms with Crippen LogP contribution in [0.5, 0.6) is 0 Å². The van der Waals surface area contributed by atoms with Gasteiger partial charge in [0.05, 0.1) is 17.4 Å². The average molecular weight is 260 g/mol. The first-order chi connectivity index (χ1) is 8.41. The Morgan fingerprint density at radius 3 is 2.56 bits per heavy atom. The molecule has 0 N–H and O–H groups in total. The Bertz CT molecular complexity index is 577. The van der Waals surface area contributed by atoms with E-state index >= 15 is 0 Å². The first-order valence-electron chi connectivity index (χ1n) is 5.99. The molecule has 2 aromatic heterocycles. The lowest BCUT2D eigenvalue weighted by Crippen LogP contribution is -2.41. The van der Waals surface area contributed by atoms with Gasteiger partial charge >= 0.3 is 7.12 Å². The molecular weight excluding hydrogens is 245 g/mol. The third kappa shape index (κ3) is 1.69. The topological polar surface area (TPSA) is 31.4 Å². The zero-order chi connectivity index (χ0) is 13.0. The largest absolute Gasteiger partial charge is 0.496 e. The van der Waals surface area contributed by atoms with Gasteiger partial charge in [0.1, 0.15) is 0 Å². The Hall–Kier alpha value is -0.905. The number of aromatic nitrogens is 1. The van der Waals surface area contributed by atoms with E-state index in [1.807, 2.05) is 12.3 Å².